The van der Waals surface area contributed by atoms with Crippen LogP contribution in [-0.4, -0.2) is 40.0 Å². The summed E-state index contributed by atoms with van der Waals surface area (Å²) < 4.78 is 0. The number of aliphatic carboxylic acids is 1. The van der Waals surface area contributed by atoms with Crippen LogP contribution in [0.2, 0.25) is 0 Å². The lowest BCUT2D eigenvalue weighted by Crippen LogP contribution is -2.47. The number of aromatic nitrogens is 2. The highest BCUT2D eigenvalue weighted by atomic mass is 16.4. The molecule has 2 bridgehead atoms. The zero-order chi connectivity index (χ0) is 18.9. The number of piperidine rings is 1. The molecule has 7 heteroatoms. The summed E-state index contributed by atoms with van der Waals surface area (Å²) in [6, 6.07) is 0. The molecule has 1 amide bonds. The molecule has 4 aliphatic rings. The van der Waals surface area contributed by atoms with Gasteiger partial charge in [-0.1, -0.05) is 0 Å². The van der Waals surface area contributed by atoms with E-state index in [4.69, 9.17) is 0 Å². The summed E-state index contributed by atoms with van der Waals surface area (Å²) in [4.78, 5) is 35.3. The Morgan fingerprint density at radius 1 is 1.04 bits per heavy atom. The fraction of sp³-hybridized carbons (Fsp3) is 0.700. The molecule has 27 heavy (non-hydrogen) atoms. The molecule has 1 aliphatic heterocycles. The molecular formula is C20H28N4O3. The van der Waals surface area contributed by atoms with E-state index < -0.39 is 11.4 Å². The van der Waals surface area contributed by atoms with Gasteiger partial charge in [0.2, 0.25) is 5.91 Å². The van der Waals surface area contributed by atoms with Gasteiger partial charge in [0.25, 0.3) is 0 Å². The van der Waals surface area contributed by atoms with Crippen LogP contribution in [0.15, 0.2) is 12.4 Å². The molecule has 0 spiro atoms. The smallest absolute Gasteiger partial charge is 0.309 e. The number of carbonyl (C=O) groups is 2. The minimum atomic E-state index is -0.662. The highest BCUT2D eigenvalue weighted by Gasteiger charge is 2.53. The minimum Gasteiger partial charge on any atom is -0.481 e. The van der Waals surface area contributed by atoms with Gasteiger partial charge < -0.3 is 15.3 Å². The summed E-state index contributed by atoms with van der Waals surface area (Å²) in [6.07, 6.45) is 11.9. The summed E-state index contributed by atoms with van der Waals surface area (Å²) in [7, 11) is 0. The van der Waals surface area contributed by atoms with Crippen molar-refractivity contribution in [3.63, 3.8) is 0 Å². The average molecular weight is 372 g/mol. The van der Waals surface area contributed by atoms with Gasteiger partial charge in [0.1, 0.15) is 5.82 Å². The number of carboxylic acid groups (broad SMARTS) is 1. The molecule has 1 aromatic heterocycles. The Labute approximate surface area is 159 Å². The molecule has 1 aromatic rings. The molecular weight excluding hydrogens is 344 g/mol. The van der Waals surface area contributed by atoms with Gasteiger partial charge in [-0.2, -0.15) is 0 Å². The number of nitrogens with one attached hydrogen (secondary N) is 1. The van der Waals surface area contributed by atoms with Crippen molar-refractivity contribution >= 4 is 23.5 Å². The third-order valence-electron chi connectivity index (χ3n) is 6.96. The van der Waals surface area contributed by atoms with Gasteiger partial charge in [-0.25, -0.2) is 4.98 Å². The lowest BCUT2D eigenvalue weighted by atomic mass is 9.53. The minimum absolute atomic E-state index is 0.0372. The summed E-state index contributed by atoms with van der Waals surface area (Å²) in [6.45, 7) is 1.97. The molecule has 2 heterocycles. The maximum absolute atomic E-state index is 12.7. The first-order valence-corrected chi connectivity index (χ1v) is 10.1. The summed E-state index contributed by atoms with van der Waals surface area (Å²) in [5.41, 5.74) is -0.578. The second kappa shape index (κ2) is 7.09. The van der Waals surface area contributed by atoms with Crippen molar-refractivity contribution in [2.45, 2.75) is 64.2 Å². The van der Waals surface area contributed by atoms with Crippen LogP contribution in [-0.2, 0) is 9.59 Å². The highest BCUT2D eigenvalue weighted by Crippen LogP contribution is 2.58. The van der Waals surface area contributed by atoms with Crippen LogP contribution in [0.5, 0.6) is 0 Å². The van der Waals surface area contributed by atoms with E-state index in [1.165, 1.54) is 19.3 Å². The van der Waals surface area contributed by atoms with Crippen molar-refractivity contribution in [2.24, 2.45) is 10.8 Å². The van der Waals surface area contributed by atoms with Gasteiger partial charge >= 0.3 is 5.97 Å². The van der Waals surface area contributed by atoms with Gasteiger partial charge in [-0.15, -0.1) is 0 Å². The van der Waals surface area contributed by atoms with Gasteiger partial charge in [0, 0.05) is 19.5 Å². The number of carboxylic acids is 1. The van der Waals surface area contributed by atoms with Crippen molar-refractivity contribution < 1.29 is 14.7 Å². The van der Waals surface area contributed by atoms with Crippen molar-refractivity contribution in [1.29, 1.82) is 0 Å². The van der Waals surface area contributed by atoms with Crippen molar-refractivity contribution in [2.75, 3.05) is 23.3 Å². The second-order valence-corrected chi connectivity index (χ2v) is 8.62. The SMILES string of the molecule is O=C(CC12CCC(C(=O)O)(CC1)CC2)Nc1cncc(N2CCCCC2)n1. The van der Waals surface area contributed by atoms with Crippen LogP contribution >= 0.6 is 0 Å². The first-order chi connectivity index (χ1) is 13.0. The van der Waals surface area contributed by atoms with Crippen LogP contribution in [0, 0.1) is 10.8 Å². The maximum atomic E-state index is 12.7. The van der Waals surface area contributed by atoms with Gasteiger partial charge in [0.05, 0.1) is 17.8 Å². The van der Waals surface area contributed by atoms with E-state index in [0.29, 0.717) is 31.5 Å². The number of hydrogen-bond acceptors (Lipinski definition) is 5. The molecule has 5 rings (SSSR count). The predicted octanol–water partition coefficient (Wildman–Crippen LogP) is 3.22. The van der Waals surface area contributed by atoms with E-state index in [9.17, 15) is 14.7 Å². The third kappa shape index (κ3) is 3.64. The number of carbonyl (C=O) groups excluding carboxylic acids is 1. The lowest BCUT2D eigenvalue weighted by molar-refractivity contribution is -0.159. The maximum Gasteiger partial charge on any atom is 0.309 e. The molecule has 2 N–H and O–H groups in total. The molecule has 0 aromatic carbocycles. The molecule has 0 atom stereocenters. The summed E-state index contributed by atoms with van der Waals surface area (Å²) in [5, 5.41) is 12.4. The molecule has 7 nitrogen and oxygen atoms in total. The summed E-state index contributed by atoms with van der Waals surface area (Å²) in [5.74, 6) is 0.632. The number of nitrogens with zero attached hydrogens (tertiary/aromatic N) is 3. The Bertz CT molecular complexity index is 705. The van der Waals surface area contributed by atoms with E-state index in [1.807, 2.05) is 0 Å². The van der Waals surface area contributed by atoms with Crippen LogP contribution in [0.3, 0.4) is 0 Å². The topological polar surface area (TPSA) is 95.4 Å². The van der Waals surface area contributed by atoms with Crippen LogP contribution in [0.25, 0.3) is 0 Å². The Morgan fingerprint density at radius 2 is 1.70 bits per heavy atom. The predicted molar refractivity (Wildman–Crippen MR) is 102 cm³/mol. The molecule has 1 saturated heterocycles. The zero-order valence-corrected chi connectivity index (χ0v) is 15.7. The third-order valence-corrected chi connectivity index (χ3v) is 6.96. The van der Waals surface area contributed by atoms with Gasteiger partial charge in [-0.05, 0) is 63.2 Å². The van der Waals surface area contributed by atoms with E-state index in [-0.39, 0.29) is 11.3 Å². The summed E-state index contributed by atoms with van der Waals surface area (Å²) >= 11 is 0. The van der Waals surface area contributed by atoms with Crippen LogP contribution in [0.1, 0.15) is 64.2 Å². The average Bonchev–Trinajstić information content (AvgIpc) is 2.70. The fourth-order valence-corrected chi connectivity index (χ4v) is 5.07. The van der Waals surface area contributed by atoms with Crippen LogP contribution < -0.4 is 10.2 Å². The van der Waals surface area contributed by atoms with Crippen molar-refractivity contribution in [1.82, 2.24) is 9.97 Å². The number of fused-ring (bicyclic) bond motifs is 3. The Balaban J connectivity index is 1.37. The van der Waals surface area contributed by atoms with Crippen LogP contribution in [0.4, 0.5) is 11.6 Å². The number of hydrogen-bond donors (Lipinski definition) is 2. The Kier molecular flexibility index (Phi) is 4.78. The van der Waals surface area contributed by atoms with Gasteiger partial charge in [-0.3, -0.25) is 14.6 Å². The fourth-order valence-electron chi connectivity index (χ4n) is 5.07. The largest absolute Gasteiger partial charge is 0.481 e. The van der Waals surface area contributed by atoms with Crippen molar-refractivity contribution in [3.05, 3.63) is 12.4 Å². The first-order valence-electron chi connectivity index (χ1n) is 10.1. The number of amides is 1. The normalized spacial score (nSPS) is 30.1. The molecule has 3 aliphatic carbocycles. The molecule has 0 unspecified atom stereocenters. The standard InChI is InChI=1S/C20H28N4O3/c25-17(12-19-4-7-20(8-5-19,9-6-19)18(26)27)23-15-13-21-14-16(22-15)24-10-2-1-3-11-24/h13-14H,1-12H2,(H,26,27)(H,22,23,25). The van der Waals surface area contributed by atoms with Crippen molar-refractivity contribution in [3.8, 4) is 0 Å². The zero-order valence-electron chi connectivity index (χ0n) is 15.7. The van der Waals surface area contributed by atoms with E-state index in [1.54, 1.807) is 12.4 Å². The molecule has 146 valence electrons. The molecule has 3 saturated carbocycles. The Morgan fingerprint density at radius 3 is 2.33 bits per heavy atom. The van der Waals surface area contributed by atoms with E-state index >= 15 is 0 Å². The van der Waals surface area contributed by atoms with E-state index in [2.05, 4.69) is 20.2 Å². The second-order valence-electron chi connectivity index (χ2n) is 8.62. The first kappa shape index (κ1) is 18.2. The van der Waals surface area contributed by atoms with Gasteiger partial charge in [0.15, 0.2) is 5.82 Å². The Hall–Kier alpha value is -2.18. The number of rotatable bonds is 5. The monoisotopic (exact) mass is 372 g/mol. The number of anilines is 2. The van der Waals surface area contributed by atoms with E-state index in [0.717, 1.165) is 38.2 Å². The molecule has 4 fully saturated rings. The quantitative estimate of drug-likeness (QED) is 0.824. The molecule has 0 radical (unpaired) electrons. The lowest BCUT2D eigenvalue weighted by Gasteiger charge is -2.51. The highest BCUT2D eigenvalue weighted by molar-refractivity contribution is 5.90.